The number of methoxy groups -OCH3 is 1. The molecule has 0 aromatic carbocycles. The van der Waals surface area contributed by atoms with Gasteiger partial charge in [0.25, 0.3) is 0 Å². The molecule has 0 aromatic heterocycles. The summed E-state index contributed by atoms with van der Waals surface area (Å²) in [5, 5.41) is 15.5. The first kappa shape index (κ1) is 19.8. The first-order valence-electron chi connectivity index (χ1n) is 4.43. The molecular weight excluding hydrogens is 250 g/mol. The van der Waals surface area contributed by atoms with Crippen LogP contribution in [-0.2, 0) is 4.74 Å². The number of alkyl halides is 1. The van der Waals surface area contributed by atoms with E-state index in [9.17, 15) is 0 Å². The summed E-state index contributed by atoms with van der Waals surface area (Å²) in [6, 6.07) is -0.0926. The average Bonchev–Trinajstić information content (AvgIpc) is 2.08. The zero-order chi connectivity index (χ0) is 12.1. The van der Waals surface area contributed by atoms with Gasteiger partial charge in [-0.3, -0.25) is 0 Å². The van der Waals surface area contributed by atoms with Crippen LogP contribution in [0.2, 0.25) is 0 Å². The van der Waals surface area contributed by atoms with Crippen molar-refractivity contribution in [1.82, 2.24) is 0 Å². The van der Waals surface area contributed by atoms with Gasteiger partial charge in [-0.05, 0) is 13.8 Å². The van der Waals surface area contributed by atoms with Crippen molar-refractivity contribution in [3.63, 3.8) is 0 Å². The highest BCUT2D eigenvalue weighted by atomic mass is 79.9. The van der Waals surface area contributed by atoms with Gasteiger partial charge in [0.15, 0.2) is 0 Å². The lowest BCUT2D eigenvalue weighted by atomic mass is 10.2. The number of hydrogen-bond acceptors (Lipinski definition) is 4. The van der Waals surface area contributed by atoms with Crippen LogP contribution < -0.4 is 5.73 Å². The molecule has 5 heteroatoms. The van der Waals surface area contributed by atoms with Crippen LogP contribution in [0, 0.1) is 0 Å². The maximum Gasteiger partial charge on any atom is 0.0660 e. The first-order chi connectivity index (χ1) is 6.41. The molecular formula is C9H24BrNO3. The van der Waals surface area contributed by atoms with E-state index in [0.29, 0.717) is 4.83 Å². The molecule has 0 saturated heterocycles. The average molecular weight is 274 g/mol. The first-order valence-corrected chi connectivity index (χ1v) is 5.34. The van der Waals surface area contributed by atoms with Gasteiger partial charge in [0, 0.05) is 25.1 Å². The molecule has 0 aliphatic rings. The number of aliphatic hydroxyl groups excluding tert-OH is 2. The highest BCUT2D eigenvalue weighted by Gasteiger charge is 1.97. The summed E-state index contributed by atoms with van der Waals surface area (Å²) in [7, 11) is 2.69. The van der Waals surface area contributed by atoms with Crippen molar-refractivity contribution in [1.29, 1.82) is 0 Å². The lowest BCUT2D eigenvalue weighted by Gasteiger charge is -2.04. The minimum atomic E-state index is -0.370. The summed E-state index contributed by atoms with van der Waals surface area (Å²) >= 11 is 3.31. The predicted molar refractivity (Wildman–Crippen MR) is 63.7 cm³/mol. The second kappa shape index (κ2) is 15.8. The number of aliphatic hydroxyl groups is 2. The largest absolute Gasteiger partial charge is 0.400 e. The predicted octanol–water partition coefficient (Wildman–Crippen LogP) is 0.739. The molecule has 0 spiro atoms. The molecule has 0 bridgehead atoms. The molecule has 14 heavy (non-hydrogen) atoms. The van der Waals surface area contributed by atoms with Crippen LogP contribution >= 0.6 is 15.9 Å². The monoisotopic (exact) mass is 273 g/mol. The van der Waals surface area contributed by atoms with Crippen molar-refractivity contribution < 1.29 is 14.9 Å². The maximum atomic E-state index is 8.50. The lowest BCUT2D eigenvalue weighted by Crippen LogP contribution is -2.28. The van der Waals surface area contributed by atoms with Gasteiger partial charge in [0.1, 0.15) is 0 Å². The van der Waals surface area contributed by atoms with Gasteiger partial charge in [-0.25, -0.2) is 0 Å². The third-order valence-corrected chi connectivity index (χ3v) is 1.42. The summed E-state index contributed by atoms with van der Waals surface area (Å²) < 4.78 is 4.76. The molecule has 0 aromatic rings. The van der Waals surface area contributed by atoms with E-state index in [2.05, 4.69) is 15.9 Å². The molecule has 0 radical (unpaired) electrons. The number of halogens is 1. The summed E-state index contributed by atoms with van der Waals surface area (Å²) in [5.41, 5.74) is 5.19. The fourth-order valence-corrected chi connectivity index (χ4v) is 0.494. The minimum Gasteiger partial charge on any atom is -0.400 e. The van der Waals surface area contributed by atoms with E-state index in [1.165, 1.54) is 0 Å². The third kappa shape index (κ3) is 29.5. The molecule has 0 amide bonds. The zero-order valence-corrected chi connectivity index (χ0v) is 11.3. The summed E-state index contributed by atoms with van der Waals surface area (Å²) in [4.78, 5) is 0.488. The minimum absolute atomic E-state index is 0.0926. The Bertz CT molecular complexity index is 84.1. The van der Waals surface area contributed by atoms with Crippen LogP contribution in [0.3, 0.4) is 0 Å². The Morgan fingerprint density at radius 2 is 1.57 bits per heavy atom. The van der Waals surface area contributed by atoms with Crippen LogP contribution in [0.5, 0.6) is 0 Å². The van der Waals surface area contributed by atoms with Crippen molar-refractivity contribution in [3.8, 4) is 0 Å². The fraction of sp³-hybridized carbons (Fsp3) is 1.00. The van der Waals surface area contributed by atoms with E-state index in [0.717, 1.165) is 13.7 Å². The van der Waals surface area contributed by atoms with E-state index in [-0.39, 0.29) is 12.1 Å². The molecule has 90 valence electrons. The molecule has 0 fully saturated rings. The van der Waals surface area contributed by atoms with E-state index in [1.54, 1.807) is 21.0 Å². The van der Waals surface area contributed by atoms with Crippen molar-refractivity contribution in [2.45, 2.75) is 37.7 Å². The van der Waals surface area contributed by atoms with Crippen molar-refractivity contribution in [2.24, 2.45) is 5.73 Å². The molecule has 0 rings (SSSR count). The normalized spacial score (nSPS) is 15.2. The SMILES string of the molecule is CC(N)C(C)O.CO.COCC(C)Br. The number of ether oxygens (including phenoxy) is 1. The van der Waals surface area contributed by atoms with Crippen molar-refractivity contribution in [3.05, 3.63) is 0 Å². The van der Waals surface area contributed by atoms with Gasteiger partial charge >= 0.3 is 0 Å². The number of rotatable bonds is 3. The highest BCUT2D eigenvalue weighted by Crippen LogP contribution is 1.94. The molecule has 4 N–H and O–H groups in total. The Hall–Kier alpha value is 0.320. The standard InChI is InChI=1S/C4H9BrO.C4H11NO.CH4O/c1-4(5)3-6-2;1-3(5)4(2)6;1-2/h4H,3H2,1-2H3;3-4,6H,5H2,1-2H3;2H,1H3. The van der Waals surface area contributed by atoms with Crippen molar-refractivity contribution in [2.75, 3.05) is 20.8 Å². The summed E-state index contributed by atoms with van der Waals surface area (Å²) in [6.07, 6.45) is -0.370. The van der Waals surface area contributed by atoms with Gasteiger partial charge in [0.2, 0.25) is 0 Å². The van der Waals surface area contributed by atoms with E-state index >= 15 is 0 Å². The highest BCUT2D eigenvalue weighted by molar-refractivity contribution is 9.09. The fourth-order valence-electron chi connectivity index (χ4n) is 0.230. The van der Waals surface area contributed by atoms with Crippen LogP contribution in [0.1, 0.15) is 20.8 Å². The smallest absolute Gasteiger partial charge is 0.0660 e. The molecule has 0 aliphatic carbocycles. The number of hydrogen-bond donors (Lipinski definition) is 3. The number of nitrogens with two attached hydrogens (primary N) is 1. The molecule has 4 nitrogen and oxygen atoms in total. The Morgan fingerprint density at radius 1 is 1.29 bits per heavy atom. The Balaban J connectivity index is -0.000000147. The third-order valence-electron chi connectivity index (χ3n) is 1.16. The Morgan fingerprint density at radius 3 is 1.57 bits per heavy atom. The van der Waals surface area contributed by atoms with Gasteiger partial charge in [-0.2, -0.15) is 0 Å². The van der Waals surface area contributed by atoms with E-state index in [4.69, 9.17) is 20.7 Å². The van der Waals surface area contributed by atoms with Gasteiger partial charge in [0.05, 0.1) is 12.7 Å². The van der Waals surface area contributed by atoms with E-state index in [1.807, 2.05) is 6.92 Å². The van der Waals surface area contributed by atoms with Crippen LogP contribution in [0.4, 0.5) is 0 Å². The van der Waals surface area contributed by atoms with Gasteiger partial charge in [-0.15, -0.1) is 0 Å². The van der Waals surface area contributed by atoms with Crippen molar-refractivity contribution >= 4 is 15.9 Å². The maximum absolute atomic E-state index is 8.50. The second-order valence-electron chi connectivity index (χ2n) is 2.84. The summed E-state index contributed by atoms with van der Waals surface area (Å²) in [5.74, 6) is 0. The molecule has 0 heterocycles. The Labute approximate surface area is 95.6 Å². The molecule has 3 atom stereocenters. The van der Waals surface area contributed by atoms with Crippen LogP contribution in [-0.4, -0.2) is 48.0 Å². The Kier molecular flexibility index (Phi) is 22.3. The van der Waals surface area contributed by atoms with Crippen LogP contribution in [0.25, 0.3) is 0 Å². The zero-order valence-electron chi connectivity index (χ0n) is 9.70. The molecule has 3 unspecified atom stereocenters. The second-order valence-corrected chi connectivity index (χ2v) is 4.40. The quantitative estimate of drug-likeness (QED) is 0.663. The summed E-state index contributed by atoms with van der Waals surface area (Å²) in [6.45, 7) is 6.28. The lowest BCUT2D eigenvalue weighted by molar-refractivity contribution is 0.170. The molecule has 0 saturated carbocycles. The van der Waals surface area contributed by atoms with Crippen LogP contribution in [0.15, 0.2) is 0 Å². The topological polar surface area (TPSA) is 75.7 Å². The molecule has 0 aliphatic heterocycles. The van der Waals surface area contributed by atoms with Gasteiger partial charge in [-0.1, -0.05) is 22.9 Å². The van der Waals surface area contributed by atoms with E-state index < -0.39 is 0 Å². The van der Waals surface area contributed by atoms with Gasteiger partial charge < -0.3 is 20.7 Å².